The number of nitrogens with two attached hydrogens (primary N) is 2. The van der Waals surface area contributed by atoms with Crippen LogP contribution < -0.4 is 11.5 Å². The van der Waals surface area contributed by atoms with Crippen LogP contribution in [0.1, 0.15) is 27.3 Å². The zero-order valence-corrected chi connectivity index (χ0v) is 28.0. The van der Waals surface area contributed by atoms with E-state index in [0.29, 0.717) is 0 Å². The van der Waals surface area contributed by atoms with E-state index in [-0.39, 0.29) is 48.8 Å². The van der Waals surface area contributed by atoms with E-state index in [9.17, 15) is 47.8 Å². The molecular formula is C22H35F2N10O17P3. The van der Waals surface area contributed by atoms with Crippen LogP contribution in [0.3, 0.4) is 0 Å². The number of hydrogen-bond donors (Lipinski definition) is 11. The molecule has 4 aromatic heterocycles. The van der Waals surface area contributed by atoms with Gasteiger partial charge < -0.3 is 66.0 Å². The number of phosphoric ester groups is 1. The van der Waals surface area contributed by atoms with Gasteiger partial charge in [-0.2, -0.15) is 37.3 Å². The minimum absolute atomic E-state index is 0. The summed E-state index contributed by atoms with van der Waals surface area (Å²) in [6.07, 6.45) is -11.1. The van der Waals surface area contributed by atoms with Crippen molar-refractivity contribution in [3.63, 3.8) is 0 Å². The molecule has 13 N–H and O–H groups in total. The third-order valence-corrected chi connectivity index (χ3v) is 10.9. The average molecular weight is 842 g/mol. The van der Waals surface area contributed by atoms with Gasteiger partial charge in [0.25, 0.3) is 0 Å². The maximum Gasteiger partial charge on any atom is 0.490 e. The van der Waals surface area contributed by atoms with Gasteiger partial charge >= 0.3 is 35.6 Å². The molecule has 2 aliphatic rings. The molecule has 2 saturated heterocycles. The summed E-state index contributed by atoms with van der Waals surface area (Å²) < 4.78 is 84.7. The normalized spacial score (nSPS) is 27.8. The zero-order valence-electron chi connectivity index (χ0n) is 25.3. The van der Waals surface area contributed by atoms with E-state index < -0.39 is 97.9 Å². The number of ether oxygens (including phenoxy) is 2. The molecule has 2 unspecified atom stereocenters. The van der Waals surface area contributed by atoms with Gasteiger partial charge in [-0.15, -0.1) is 0 Å². The van der Waals surface area contributed by atoms with Crippen molar-refractivity contribution < 1.29 is 90.2 Å². The molecule has 0 spiro atoms. The maximum atomic E-state index is 13.5. The predicted molar refractivity (Wildman–Crippen MR) is 172 cm³/mol. The van der Waals surface area contributed by atoms with Crippen molar-refractivity contribution in [2.45, 2.75) is 63.9 Å². The molecule has 0 bridgehead atoms. The Labute approximate surface area is 300 Å². The molecule has 0 saturated carbocycles. The molecule has 32 heteroatoms. The second-order valence-electron chi connectivity index (χ2n) is 10.6. The quantitative estimate of drug-likeness (QED) is 0.0604. The fourth-order valence-corrected chi connectivity index (χ4v) is 7.90. The Bertz CT molecular complexity index is 2090. The number of aromatic nitrogens is 8. The van der Waals surface area contributed by atoms with Gasteiger partial charge in [-0.3, -0.25) is 13.7 Å². The molecule has 6 rings (SSSR count). The van der Waals surface area contributed by atoms with Crippen LogP contribution in [0.25, 0.3) is 22.3 Å². The SMILES string of the molecule is C.C.Nc1nc(F)nc2c1ncn2[C@@H]1O[C@H](CO)[C@@H](O)[C@H]1O.Nc1nc(F)nc2c1ncn2[C@@H]1O[C@H](COP(=O)(O)OP(=O)(O)OP(=O)(O)O)[C@@H](O)[C@H]1O. The van der Waals surface area contributed by atoms with Gasteiger partial charge in [-0.05, 0) is 0 Å². The summed E-state index contributed by atoms with van der Waals surface area (Å²) in [4.78, 5) is 57.0. The van der Waals surface area contributed by atoms with E-state index in [1.165, 1.54) is 10.9 Å². The third-order valence-electron chi connectivity index (χ3n) is 7.06. The number of nitrogens with zero attached hydrogens (tertiary/aromatic N) is 8. The Balaban J connectivity index is 0.000000307. The number of anilines is 2. The van der Waals surface area contributed by atoms with E-state index in [4.69, 9.17) is 40.7 Å². The summed E-state index contributed by atoms with van der Waals surface area (Å²) in [6, 6.07) is 0. The zero-order chi connectivity index (χ0) is 38.5. The fourth-order valence-electron chi connectivity index (χ4n) is 4.87. The van der Waals surface area contributed by atoms with Crippen LogP contribution in [0.2, 0.25) is 0 Å². The minimum atomic E-state index is -5.74. The van der Waals surface area contributed by atoms with E-state index >= 15 is 0 Å². The number of aliphatic hydroxyl groups excluding tert-OH is 5. The predicted octanol–water partition coefficient (Wildman–Crippen LogP) is -2.06. The van der Waals surface area contributed by atoms with E-state index in [1.807, 2.05) is 0 Å². The number of halogens is 2. The Morgan fingerprint density at radius 2 is 1.13 bits per heavy atom. The molecule has 2 fully saturated rings. The Morgan fingerprint density at radius 1 is 0.704 bits per heavy atom. The number of fused-ring (bicyclic) bond motifs is 2. The van der Waals surface area contributed by atoms with Crippen molar-refractivity contribution in [2.24, 2.45) is 0 Å². The first kappa shape index (κ1) is 45.1. The smallest absolute Gasteiger partial charge is 0.394 e. The number of hydrogen-bond acceptors (Lipinski definition) is 21. The number of imidazole rings is 2. The molecule has 0 amide bonds. The molecule has 304 valence electrons. The lowest BCUT2D eigenvalue weighted by atomic mass is 10.1. The maximum absolute atomic E-state index is 13.5. The lowest BCUT2D eigenvalue weighted by Gasteiger charge is -2.19. The van der Waals surface area contributed by atoms with E-state index in [2.05, 4.69) is 43.0 Å². The van der Waals surface area contributed by atoms with Gasteiger partial charge in [0, 0.05) is 0 Å². The Hall–Kier alpha value is -3.31. The highest BCUT2D eigenvalue weighted by Crippen LogP contribution is 2.66. The molecule has 27 nitrogen and oxygen atoms in total. The summed E-state index contributed by atoms with van der Waals surface area (Å²) in [5.41, 5.74) is 11.0. The van der Waals surface area contributed by atoms with Crippen molar-refractivity contribution in [2.75, 3.05) is 24.7 Å². The number of phosphoric acid groups is 3. The van der Waals surface area contributed by atoms with E-state index in [1.54, 1.807) is 0 Å². The number of rotatable bonds is 10. The summed E-state index contributed by atoms with van der Waals surface area (Å²) in [5.74, 6) is -0.457. The molecule has 4 aromatic rings. The van der Waals surface area contributed by atoms with Gasteiger partial charge in [0.1, 0.15) is 36.6 Å². The first-order valence-corrected chi connectivity index (χ1v) is 18.4. The van der Waals surface area contributed by atoms with Crippen molar-refractivity contribution in [3.05, 3.63) is 24.8 Å². The lowest BCUT2D eigenvalue weighted by Crippen LogP contribution is -2.33. The Kier molecular flexibility index (Phi) is 14.0. The van der Waals surface area contributed by atoms with Crippen molar-refractivity contribution in [1.29, 1.82) is 0 Å². The third kappa shape index (κ3) is 9.73. The monoisotopic (exact) mass is 842 g/mol. The van der Waals surface area contributed by atoms with E-state index in [0.717, 1.165) is 10.9 Å². The summed E-state index contributed by atoms with van der Waals surface area (Å²) >= 11 is 0. The highest BCUT2D eigenvalue weighted by Gasteiger charge is 2.47. The first-order valence-electron chi connectivity index (χ1n) is 13.8. The molecule has 2 aliphatic heterocycles. The van der Waals surface area contributed by atoms with Gasteiger partial charge in [-0.25, -0.2) is 23.7 Å². The lowest BCUT2D eigenvalue weighted by molar-refractivity contribution is -0.0511. The Morgan fingerprint density at radius 3 is 1.54 bits per heavy atom. The van der Waals surface area contributed by atoms with Crippen molar-refractivity contribution >= 4 is 57.4 Å². The standard InChI is InChI=1S/C10H15FN5O13P3.C10H12FN5O4.2CH4/c11-10-14-7(12)4-8(15-10)16(2-13-4)9-6(18)5(17)3(27-9)1-26-31(22,23)29-32(24,25)28-30(19,20)21;11-10-14-7(12)4-8(15-10)16(2-13-4)9-6(19)5(18)3(1-17)20-9;;/h2-3,5-6,9,17-18H,1H2,(H,22,23)(H,24,25)(H2,12,14,15)(H2,19,20,21);2-3,5-6,9,17-19H,1H2,(H2,12,14,15);2*1H4/t2*3-,5-,6-,9-;;/m11../s1. The van der Waals surface area contributed by atoms with Crippen molar-refractivity contribution in [1.82, 2.24) is 39.0 Å². The second kappa shape index (κ2) is 16.8. The van der Waals surface area contributed by atoms with Crippen molar-refractivity contribution in [3.8, 4) is 0 Å². The summed E-state index contributed by atoms with van der Waals surface area (Å²) in [6.45, 7) is -1.50. The van der Waals surface area contributed by atoms with Crippen LogP contribution in [0, 0.1) is 12.2 Å². The first-order chi connectivity index (χ1) is 24.1. The topological polar surface area (TPSA) is 419 Å². The van der Waals surface area contributed by atoms with Crippen LogP contribution in [-0.2, 0) is 36.3 Å². The van der Waals surface area contributed by atoms with Gasteiger partial charge in [0.2, 0.25) is 0 Å². The van der Waals surface area contributed by atoms with Crippen LogP contribution in [0.15, 0.2) is 12.7 Å². The van der Waals surface area contributed by atoms with Gasteiger partial charge in [0.05, 0.1) is 25.9 Å². The largest absolute Gasteiger partial charge is 0.490 e. The molecule has 0 radical (unpaired) electrons. The minimum Gasteiger partial charge on any atom is -0.394 e. The second-order valence-corrected chi connectivity index (χ2v) is 15.0. The molecule has 54 heavy (non-hydrogen) atoms. The van der Waals surface area contributed by atoms with Gasteiger partial charge in [0.15, 0.2) is 46.4 Å². The van der Waals surface area contributed by atoms with Crippen LogP contribution >= 0.6 is 23.5 Å². The van der Waals surface area contributed by atoms with Crippen LogP contribution in [0.4, 0.5) is 20.4 Å². The number of nitrogen functional groups attached to an aromatic ring is 2. The fraction of sp³-hybridized carbons (Fsp3) is 0.545. The molecule has 10 atom stereocenters. The summed E-state index contributed by atoms with van der Waals surface area (Å²) in [5, 5.41) is 49.0. The van der Waals surface area contributed by atoms with Crippen LogP contribution in [0.5, 0.6) is 0 Å². The summed E-state index contributed by atoms with van der Waals surface area (Å²) in [7, 11) is -16.8. The molecule has 0 aromatic carbocycles. The molecule has 6 heterocycles. The van der Waals surface area contributed by atoms with Gasteiger partial charge in [-0.1, -0.05) is 14.9 Å². The molecular weight excluding hydrogens is 807 g/mol. The number of aliphatic hydroxyl groups is 5. The molecule has 0 aliphatic carbocycles. The van der Waals surface area contributed by atoms with Crippen LogP contribution in [-0.4, -0.2) is 134 Å². The average Bonchev–Trinajstić information content (AvgIpc) is 3.76. The highest BCUT2D eigenvalue weighted by atomic mass is 31.3. The highest BCUT2D eigenvalue weighted by molar-refractivity contribution is 7.66.